The van der Waals surface area contributed by atoms with Crippen LogP contribution in [0, 0.1) is 0 Å². The normalized spacial score (nSPS) is 10.6. The van der Waals surface area contributed by atoms with Crippen LogP contribution in [0.4, 0.5) is 0 Å². The van der Waals surface area contributed by atoms with Crippen molar-refractivity contribution in [3.05, 3.63) is 42.0 Å². The van der Waals surface area contributed by atoms with Crippen LogP contribution in [0.1, 0.15) is 18.3 Å². The average Bonchev–Trinajstić information content (AvgIpc) is 2.76. The van der Waals surface area contributed by atoms with Gasteiger partial charge in [-0.15, -0.1) is 0 Å². The van der Waals surface area contributed by atoms with Crippen LogP contribution in [0.15, 0.2) is 30.6 Å². The molecule has 5 nitrogen and oxygen atoms in total. The monoisotopic (exact) mass is 246 g/mol. The van der Waals surface area contributed by atoms with Gasteiger partial charge in [0, 0.05) is 13.6 Å². The molecule has 0 saturated heterocycles. The fourth-order valence-electron chi connectivity index (χ4n) is 1.71. The van der Waals surface area contributed by atoms with E-state index in [4.69, 9.17) is 4.74 Å². The van der Waals surface area contributed by atoms with Crippen LogP contribution in [0.2, 0.25) is 0 Å². The van der Waals surface area contributed by atoms with E-state index in [1.54, 1.807) is 11.0 Å². The number of rotatable bonds is 6. The van der Waals surface area contributed by atoms with E-state index in [1.807, 2.05) is 32.2 Å². The maximum atomic E-state index is 5.46. The van der Waals surface area contributed by atoms with Crippen molar-refractivity contribution in [2.24, 2.45) is 7.05 Å². The van der Waals surface area contributed by atoms with E-state index in [1.165, 1.54) is 5.56 Å². The third-order valence-corrected chi connectivity index (χ3v) is 2.63. The zero-order chi connectivity index (χ0) is 12.8. The van der Waals surface area contributed by atoms with Crippen LogP contribution in [-0.4, -0.2) is 21.4 Å². The summed E-state index contributed by atoms with van der Waals surface area (Å²) in [6, 6.07) is 8.10. The molecule has 0 saturated carbocycles. The Balaban J connectivity index is 1.86. The number of nitrogens with one attached hydrogen (secondary N) is 1. The lowest BCUT2D eigenvalue weighted by Crippen LogP contribution is -2.16. The third kappa shape index (κ3) is 3.30. The minimum Gasteiger partial charge on any atom is -0.494 e. The van der Waals surface area contributed by atoms with Gasteiger partial charge in [0.2, 0.25) is 0 Å². The van der Waals surface area contributed by atoms with Gasteiger partial charge in [0.05, 0.1) is 13.2 Å². The second-order valence-electron chi connectivity index (χ2n) is 3.98. The molecule has 5 heteroatoms. The van der Waals surface area contributed by atoms with Crippen molar-refractivity contribution in [3.8, 4) is 5.75 Å². The average molecular weight is 246 g/mol. The maximum Gasteiger partial charge on any atom is 0.140 e. The van der Waals surface area contributed by atoms with Crippen LogP contribution in [0.3, 0.4) is 0 Å². The van der Waals surface area contributed by atoms with Gasteiger partial charge in [-0.25, -0.2) is 4.98 Å². The molecule has 2 rings (SSSR count). The first-order chi connectivity index (χ1) is 8.79. The highest BCUT2D eigenvalue weighted by Gasteiger charge is 2.00. The second-order valence-corrected chi connectivity index (χ2v) is 3.98. The van der Waals surface area contributed by atoms with Gasteiger partial charge < -0.3 is 10.1 Å². The SMILES string of the molecule is CCOc1cccc(CNCc2ncnn2C)c1. The first-order valence-electron chi connectivity index (χ1n) is 6.05. The molecular weight excluding hydrogens is 228 g/mol. The Morgan fingerprint density at radius 2 is 2.22 bits per heavy atom. The summed E-state index contributed by atoms with van der Waals surface area (Å²) in [5.74, 6) is 1.84. The molecule has 0 unspecified atom stereocenters. The molecule has 2 aromatic rings. The number of hydrogen-bond donors (Lipinski definition) is 1. The Labute approximate surface area is 107 Å². The molecule has 0 bridgehead atoms. The molecule has 0 aliphatic rings. The topological polar surface area (TPSA) is 52.0 Å². The Morgan fingerprint density at radius 3 is 2.94 bits per heavy atom. The van der Waals surface area contributed by atoms with Crippen LogP contribution in [-0.2, 0) is 20.1 Å². The van der Waals surface area contributed by atoms with Crippen molar-refractivity contribution in [1.82, 2.24) is 20.1 Å². The fourth-order valence-corrected chi connectivity index (χ4v) is 1.71. The zero-order valence-corrected chi connectivity index (χ0v) is 10.8. The second kappa shape index (κ2) is 6.16. The molecule has 0 fully saturated rings. The van der Waals surface area contributed by atoms with Crippen molar-refractivity contribution in [2.75, 3.05) is 6.61 Å². The molecule has 1 aromatic heterocycles. The van der Waals surface area contributed by atoms with Gasteiger partial charge in [0.25, 0.3) is 0 Å². The van der Waals surface area contributed by atoms with Crippen LogP contribution in [0.25, 0.3) is 0 Å². The van der Waals surface area contributed by atoms with Crippen molar-refractivity contribution >= 4 is 0 Å². The summed E-state index contributed by atoms with van der Waals surface area (Å²) in [6.07, 6.45) is 1.56. The van der Waals surface area contributed by atoms with Gasteiger partial charge in [0.1, 0.15) is 17.9 Å². The van der Waals surface area contributed by atoms with Crippen molar-refractivity contribution < 1.29 is 4.74 Å². The molecule has 96 valence electrons. The number of aromatic nitrogens is 3. The molecular formula is C13H18N4O. The molecule has 0 atom stereocenters. The van der Waals surface area contributed by atoms with E-state index in [-0.39, 0.29) is 0 Å². The summed E-state index contributed by atoms with van der Waals surface area (Å²) in [5, 5.41) is 7.36. The van der Waals surface area contributed by atoms with E-state index >= 15 is 0 Å². The molecule has 0 spiro atoms. The molecule has 1 N–H and O–H groups in total. The summed E-state index contributed by atoms with van der Waals surface area (Å²) in [4.78, 5) is 4.16. The van der Waals surface area contributed by atoms with Gasteiger partial charge in [-0.2, -0.15) is 5.10 Å². The van der Waals surface area contributed by atoms with E-state index in [2.05, 4.69) is 21.5 Å². The summed E-state index contributed by atoms with van der Waals surface area (Å²) in [5.41, 5.74) is 1.20. The van der Waals surface area contributed by atoms with E-state index in [9.17, 15) is 0 Å². The lowest BCUT2D eigenvalue weighted by atomic mass is 10.2. The number of nitrogens with zero attached hydrogens (tertiary/aromatic N) is 3. The smallest absolute Gasteiger partial charge is 0.140 e. The predicted octanol–water partition coefficient (Wildman–Crippen LogP) is 1.50. The molecule has 1 heterocycles. The van der Waals surface area contributed by atoms with Crippen molar-refractivity contribution in [3.63, 3.8) is 0 Å². The largest absolute Gasteiger partial charge is 0.494 e. The van der Waals surface area contributed by atoms with Gasteiger partial charge in [0.15, 0.2) is 0 Å². The molecule has 0 radical (unpaired) electrons. The standard InChI is InChI=1S/C13H18N4O/c1-3-18-12-6-4-5-11(7-12)8-14-9-13-15-10-16-17(13)2/h4-7,10,14H,3,8-9H2,1-2H3. The number of hydrogen-bond acceptors (Lipinski definition) is 4. The maximum absolute atomic E-state index is 5.46. The first-order valence-corrected chi connectivity index (χ1v) is 6.05. The number of ether oxygens (including phenoxy) is 1. The summed E-state index contributed by atoms with van der Waals surface area (Å²) in [7, 11) is 1.89. The van der Waals surface area contributed by atoms with Gasteiger partial charge in [-0.1, -0.05) is 12.1 Å². The van der Waals surface area contributed by atoms with E-state index < -0.39 is 0 Å². The summed E-state index contributed by atoms with van der Waals surface area (Å²) in [6.45, 7) is 4.16. The molecule has 0 aliphatic heterocycles. The number of benzene rings is 1. The van der Waals surface area contributed by atoms with Crippen molar-refractivity contribution in [1.29, 1.82) is 0 Å². The molecule has 0 aliphatic carbocycles. The van der Waals surface area contributed by atoms with Crippen LogP contribution in [0.5, 0.6) is 5.75 Å². The van der Waals surface area contributed by atoms with E-state index in [0.29, 0.717) is 13.2 Å². The Hall–Kier alpha value is -1.88. The highest BCUT2D eigenvalue weighted by molar-refractivity contribution is 5.28. The predicted molar refractivity (Wildman–Crippen MR) is 69.2 cm³/mol. The summed E-state index contributed by atoms with van der Waals surface area (Å²) < 4.78 is 7.23. The van der Waals surface area contributed by atoms with E-state index in [0.717, 1.165) is 18.1 Å². The zero-order valence-electron chi connectivity index (χ0n) is 10.8. The minimum atomic E-state index is 0.690. The van der Waals surface area contributed by atoms with Gasteiger partial charge >= 0.3 is 0 Å². The quantitative estimate of drug-likeness (QED) is 0.839. The third-order valence-electron chi connectivity index (χ3n) is 2.63. The van der Waals surface area contributed by atoms with Crippen LogP contribution < -0.4 is 10.1 Å². The Bertz CT molecular complexity index is 495. The Kier molecular flexibility index (Phi) is 4.30. The first kappa shape index (κ1) is 12.6. The molecule has 1 aromatic carbocycles. The Morgan fingerprint density at radius 1 is 1.33 bits per heavy atom. The lowest BCUT2D eigenvalue weighted by molar-refractivity contribution is 0.340. The highest BCUT2D eigenvalue weighted by Crippen LogP contribution is 2.13. The van der Waals surface area contributed by atoms with Crippen molar-refractivity contribution in [2.45, 2.75) is 20.0 Å². The van der Waals surface area contributed by atoms with Crippen LogP contribution >= 0.6 is 0 Å². The fraction of sp³-hybridized carbons (Fsp3) is 0.385. The molecule has 0 amide bonds. The highest BCUT2D eigenvalue weighted by atomic mass is 16.5. The number of aryl methyl sites for hydroxylation is 1. The van der Waals surface area contributed by atoms with Gasteiger partial charge in [-0.05, 0) is 24.6 Å². The summed E-state index contributed by atoms with van der Waals surface area (Å²) >= 11 is 0. The van der Waals surface area contributed by atoms with Gasteiger partial charge in [-0.3, -0.25) is 4.68 Å². The molecule has 18 heavy (non-hydrogen) atoms. The minimum absolute atomic E-state index is 0.690. The lowest BCUT2D eigenvalue weighted by Gasteiger charge is -2.07.